The molecule has 2 aromatic carbocycles. The fourth-order valence-corrected chi connectivity index (χ4v) is 1.87. The summed E-state index contributed by atoms with van der Waals surface area (Å²) in [5.74, 6) is -2.42. The van der Waals surface area contributed by atoms with Crippen LogP contribution in [0, 0.1) is 5.82 Å². The molecule has 1 amide bonds. The SMILES string of the molecule is O=C(Nc1c(Cl)cccc1C(=O)O)c1cccc(F)c1. The zero-order valence-electron chi connectivity index (χ0n) is 10.1. The third kappa shape index (κ3) is 2.95. The van der Waals surface area contributed by atoms with Crippen molar-refractivity contribution in [2.45, 2.75) is 0 Å². The van der Waals surface area contributed by atoms with Crippen molar-refractivity contribution in [1.82, 2.24) is 0 Å². The fraction of sp³-hybridized carbons (Fsp3) is 0. The second-order valence-electron chi connectivity index (χ2n) is 3.93. The quantitative estimate of drug-likeness (QED) is 0.911. The molecule has 0 unspecified atom stereocenters. The van der Waals surface area contributed by atoms with Gasteiger partial charge in [0.25, 0.3) is 5.91 Å². The fourth-order valence-electron chi connectivity index (χ4n) is 1.64. The molecule has 0 aliphatic heterocycles. The molecular weight excluding hydrogens is 285 g/mol. The number of amides is 1. The standard InChI is InChI=1S/C14H9ClFNO3/c15-11-6-2-5-10(14(19)20)12(11)17-13(18)8-3-1-4-9(16)7-8/h1-7H,(H,17,18)(H,19,20). The van der Waals surface area contributed by atoms with Gasteiger partial charge in [-0.05, 0) is 30.3 Å². The zero-order valence-corrected chi connectivity index (χ0v) is 10.8. The summed E-state index contributed by atoms with van der Waals surface area (Å²) < 4.78 is 13.1. The van der Waals surface area contributed by atoms with Crippen LogP contribution < -0.4 is 5.32 Å². The Labute approximate surface area is 118 Å². The van der Waals surface area contributed by atoms with Crippen LogP contribution in [0.3, 0.4) is 0 Å². The normalized spacial score (nSPS) is 10.1. The number of carbonyl (C=O) groups excluding carboxylic acids is 1. The number of nitrogens with one attached hydrogen (secondary N) is 1. The van der Waals surface area contributed by atoms with E-state index in [-0.39, 0.29) is 21.8 Å². The highest BCUT2D eigenvalue weighted by Gasteiger charge is 2.16. The highest BCUT2D eigenvalue weighted by Crippen LogP contribution is 2.26. The number of carboxylic acids is 1. The van der Waals surface area contributed by atoms with E-state index in [0.717, 1.165) is 6.07 Å². The molecule has 4 nitrogen and oxygen atoms in total. The van der Waals surface area contributed by atoms with Crippen molar-refractivity contribution in [3.63, 3.8) is 0 Å². The lowest BCUT2D eigenvalue weighted by molar-refractivity contribution is 0.0698. The summed E-state index contributed by atoms with van der Waals surface area (Å²) in [6.07, 6.45) is 0. The van der Waals surface area contributed by atoms with Gasteiger partial charge in [-0.3, -0.25) is 4.79 Å². The van der Waals surface area contributed by atoms with Crippen LogP contribution in [-0.2, 0) is 0 Å². The lowest BCUT2D eigenvalue weighted by Crippen LogP contribution is -2.15. The molecule has 0 atom stereocenters. The summed E-state index contributed by atoms with van der Waals surface area (Å²) >= 11 is 5.88. The van der Waals surface area contributed by atoms with Crippen molar-refractivity contribution in [1.29, 1.82) is 0 Å². The molecule has 2 rings (SSSR count). The molecule has 20 heavy (non-hydrogen) atoms. The number of rotatable bonds is 3. The van der Waals surface area contributed by atoms with Gasteiger partial charge in [-0.2, -0.15) is 0 Å². The number of aromatic carboxylic acids is 1. The molecule has 102 valence electrons. The lowest BCUT2D eigenvalue weighted by atomic mass is 10.1. The minimum absolute atomic E-state index is 0.0177. The number of halogens is 2. The molecule has 0 aromatic heterocycles. The van der Waals surface area contributed by atoms with Crippen LogP contribution in [0.15, 0.2) is 42.5 Å². The Kier molecular flexibility index (Phi) is 4.00. The van der Waals surface area contributed by atoms with Gasteiger partial charge in [0.2, 0.25) is 0 Å². The molecule has 0 aliphatic carbocycles. The number of anilines is 1. The third-order valence-electron chi connectivity index (χ3n) is 2.57. The summed E-state index contributed by atoms with van der Waals surface area (Å²) in [5, 5.41) is 11.5. The lowest BCUT2D eigenvalue weighted by Gasteiger charge is -2.10. The molecule has 2 N–H and O–H groups in total. The molecule has 0 aliphatic rings. The van der Waals surface area contributed by atoms with Crippen LogP contribution in [0.25, 0.3) is 0 Å². The van der Waals surface area contributed by atoms with Crippen LogP contribution >= 0.6 is 11.6 Å². The van der Waals surface area contributed by atoms with E-state index in [0.29, 0.717) is 0 Å². The minimum Gasteiger partial charge on any atom is -0.478 e. The van der Waals surface area contributed by atoms with Crippen molar-refractivity contribution in [3.05, 3.63) is 64.4 Å². The highest BCUT2D eigenvalue weighted by atomic mass is 35.5. The molecule has 0 saturated heterocycles. The van der Waals surface area contributed by atoms with Crippen molar-refractivity contribution >= 4 is 29.2 Å². The van der Waals surface area contributed by atoms with Crippen molar-refractivity contribution < 1.29 is 19.1 Å². The van der Waals surface area contributed by atoms with Gasteiger partial charge in [0.05, 0.1) is 16.3 Å². The zero-order chi connectivity index (χ0) is 14.7. The highest BCUT2D eigenvalue weighted by molar-refractivity contribution is 6.34. The monoisotopic (exact) mass is 293 g/mol. The van der Waals surface area contributed by atoms with Gasteiger partial charge in [-0.25, -0.2) is 9.18 Å². The number of para-hydroxylation sites is 1. The topological polar surface area (TPSA) is 66.4 Å². The number of hydrogen-bond acceptors (Lipinski definition) is 2. The Bertz CT molecular complexity index is 688. The van der Waals surface area contributed by atoms with E-state index in [2.05, 4.69) is 5.32 Å². The minimum atomic E-state index is -1.22. The van der Waals surface area contributed by atoms with E-state index in [9.17, 15) is 14.0 Å². The smallest absolute Gasteiger partial charge is 0.337 e. The first-order chi connectivity index (χ1) is 9.49. The average Bonchev–Trinajstić information content (AvgIpc) is 2.40. The van der Waals surface area contributed by atoms with Gasteiger partial charge in [0.15, 0.2) is 0 Å². The molecule has 0 radical (unpaired) electrons. The van der Waals surface area contributed by atoms with E-state index in [4.69, 9.17) is 16.7 Å². The maximum atomic E-state index is 13.1. The van der Waals surface area contributed by atoms with E-state index in [1.807, 2.05) is 0 Å². The van der Waals surface area contributed by atoms with Crippen molar-refractivity contribution in [2.24, 2.45) is 0 Å². The van der Waals surface area contributed by atoms with Crippen molar-refractivity contribution in [2.75, 3.05) is 5.32 Å². The number of carbonyl (C=O) groups is 2. The van der Waals surface area contributed by atoms with Crippen LogP contribution in [0.2, 0.25) is 5.02 Å². The summed E-state index contributed by atoms with van der Waals surface area (Å²) in [4.78, 5) is 23.0. The molecule has 2 aromatic rings. The van der Waals surface area contributed by atoms with Crippen molar-refractivity contribution in [3.8, 4) is 0 Å². The second-order valence-corrected chi connectivity index (χ2v) is 4.34. The number of benzene rings is 2. The predicted octanol–water partition coefficient (Wildman–Crippen LogP) is 3.43. The van der Waals surface area contributed by atoms with E-state index in [1.54, 1.807) is 0 Å². The maximum Gasteiger partial charge on any atom is 0.337 e. The summed E-state index contributed by atoms with van der Waals surface area (Å²) in [5.41, 5.74) is -0.0839. The Balaban J connectivity index is 2.35. The maximum absolute atomic E-state index is 13.1. The Morgan fingerprint density at radius 1 is 1.15 bits per heavy atom. The summed E-state index contributed by atoms with van der Waals surface area (Å²) in [6.45, 7) is 0. The van der Waals surface area contributed by atoms with Crippen LogP contribution in [0.4, 0.5) is 10.1 Å². The van der Waals surface area contributed by atoms with Gasteiger partial charge in [-0.15, -0.1) is 0 Å². The van der Waals surface area contributed by atoms with Gasteiger partial charge in [0.1, 0.15) is 5.82 Å². The van der Waals surface area contributed by atoms with E-state index >= 15 is 0 Å². The molecule has 0 saturated carbocycles. The number of hydrogen-bond donors (Lipinski definition) is 2. The Morgan fingerprint density at radius 2 is 1.85 bits per heavy atom. The Hall–Kier alpha value is -2.40. The van der Waals surface area contributed by atoms with Gasteiger partial charge < -0.3 is 10.4 Å². The second kappa shape index (κ2) is 5.71. The largest absolute Gasteiger partial charge is 0.478 e. The first-order valence-corrected chi connectivity index (χ1v) is 5.95. The number of carboxylic acid groups (broad SMARTS) is 1. The molecule has 0 heterocycles. The summed E-state index contributed by atoms with van der Waals surface area (Å²) in [6, 6.07) is 9.28. The van der Waals surface area contributed by atoms with E-state index < -0.39 is 17.7 Å². The van der Waals surface area contributed by atoms with Gasteiger partial charge in [-0.1, -0.05) is 23.7 Å². The first kappa shape index (κ1) is 14.0. The van der Waals surface area contributed by atoms with Crippen LogP contribution in [0.5, 0.6) is 0 Å². The molecule has 6 heteroatoms. The van der Waals surface area contributed by atoms with Crippen LogP contribution in [-0.4, -0.2) is 17.0 Å². The predicted molar refractivity (Wildman–Crippen MR) is 72.8 cm³/mol. The average molecular weight is 294 g/mol. The van der Waals surface area contributed by atoms with Crippen LogP contribution in [0.1, 0.15) is 20.7 Å². The molecule has 0 bridgehead atoms. The Morgan fingerprint density at radius 3 is 2.50 bits per heavy atom. The van der Waals surface area contributed by atoms with E-state index in [1.165, 1.54) is 36.4 Å². The van der Waals surface area contributed by atoms with Gasteiger partial charge >= 0.3 is 5.97 Å². The molecule has 0 spiro atoms. The van der Waals surface area contributed by atoms with Gasteiger partial charge in [0, 0.05) is 5.56 Å². The molecule has 0 fully saturated rings. The summed E-state index contributed by atoms with van der Waals surface area (Å²) in [7, 11) is 0. The first-order valence-electron chi connectivity index (χ1n) is 5.58. The third-order valence-corrected chi connectivity index (χ3v) is 2.88. The molecular formula is C14H9ClFNO3.